The Labute approximate surface area is 143 Å². The molecule has 2 rings (SSSR count). The third-order valence-corrected chi connectivity index (χ3v) is 5.83. The molecule has 1 amide bonds. The molecule has 9 heteroatoms. The number of sulfonamides is 1. The van der Waals surface area contributed by atoms with E-state index in [0.717, 1.165) is 0 Å². The van der Waals surface area contributed by atoms with Crippen molar-refractivity contribution in [2.75, 3.05) is 19.6 Å². The number of hydrogen-bond acceptors (Lipinski definition) is 5. The lowest BCUT2D eigenvalue weighted by molar-refractivity contribution is -0.143. The first-order valence-corrected chi connectivity index (χ1v) is 9.53. The molecule has 0 radical (unpaired) electrons. The van der Waals surface area contributed by atoms with E-state index in [4.69, 9.17) is 4.74 Å². The summed E-state index contributed by atoms with van der Waals surface area (Å²) in [5.41, 5.74) is 1.02. The Balaban J connectivity index is 1.94. The van der Waals surface area contributed by atoms with Gasteiger partial charge in [-0.15, -0.1) is 0 Å². The van der Waals surface area contributed by atoms with Gasteiger partial charge < -0.3 is 9.64 Å². The Morgan fingerprint density at radius 2 is 1.88 bits per heavy atom. The first kappa shape index (κ1) is 18.9. The molecule has 0 aliphatic carbocycles. The summed E-state index contributed by atoms with van der Waals surface area (Å²) in [7, 11) is -1.98. The van der Waals surface area contributed by atoms with E-state index in [2.05, 4.69) is 9.82 Å². The van der Waals surface area contributed by atoms with E-state index in [0.29, 0.717) is 24.5 Å². The van der Waals surface area contributed by atoms with Gasteiger partial charge in [0, 0.05) is 33.1 Å². The van der Waals surface area contributed by atoms with Gasteiger partial charge in [0.2, 0.25) is 15.9 Å². The minimum absolute atomic E-state index is 0.00455. The highest BCUT2D eigenvalue weighted by molar-refractivity contribution is 7.89. The van der Waals surface area contributed by atoms with Gasteiger partial charge in [0.15, 0.2) is 0 Å². The monoisotopic (exact) mass is 358 g/mol. The summed E-state index contributed by atoms with van der Waals surface area (Å²) in [4.78, 5) is 14.2. The number of carbonyl (C=O) groups excluding carboxylic acids is 1. The number of hydrogen-bond donors (Lipinski definition) is 1. The number of nitrogens with zero attached hydrogens (tertiary/aromatic N) is 3. The zero-order valence-corrected chi connectivity index (χ0v) is 15.7. The predicted octanol–water partition coefficient (Wildman–Crippen LogP) is 0.341. The number of ether oxygens (including phenoxy) is 1. The molecule has 1 aliphatic heterocycles. The molecule has 1 aromatic heterocycles. The van der Waals surface area contributed by atoms with Crippen LogP contribution >= 0.6 is 0 Å². The molecule has 1 aromatic rings. The van der Waals surface area contributed by atoms with Gasteiger partial charge in [0.1, 0.15) is 4.90 Å². The summed E-state index contributed by atoms with van der Waals surface area (Å²) < 4.78 is 34.5. The second kappa shape index (κ2) is 7.20. The molecule has 0 saturated carbocycles. The van der Waals surface area contributed by atoms with Gasteiger partial charge >= 0.3 is 0 Å². The van der Waals surface area contributed by atoms with Crippen LogP contribution < -0.4 is 4.72 Å². The van der Waals surface area contributed by atoms with Crippen LogP contribution in [0.3, 0.4) is 0 Å². The average Bonchev–Trinajstić information content (AvgIpc) is 2.71. The SMILES string of the molecule is Cc1nn(C)c(C)c1S(=O)(=O)NCCC(=O)N1C[C@@H](C)O[C@H](C)C1. The van der Waals surface area contributed by atoms with E-state index in [1.165, 1.54) is 4.68 Å². The molecule has 1 saturated heterocycles. The van der Waals surface area contributed by atoms with Crippen molar-refractivity contribution in [1.82, 2.24) is 19.4 Å². The molecule has 2 heterocycles. The van der Waals surface area contributed by atoms with Crippen LogP contribution in [0.5, 0.6) is 0 Å². The number of nitrogens with one attached hydrogen (secondary N) is 1. The Morgan fingerprint density at radius 3 is 2.38 bits per heavy atom. The molecule has 0 spiro atoms. The Hall–Kier alpha value is -1.45. The maximum absolute atomic E-state index is 12.4. The van der Waals surface area contributed by atoms with Crippen molar-refractivity contribution < 1.29 is 17.9 Å². The van der Waals surface area contributed by atoms with Crippen molar-refractivity contribution in [1.29, 1.82) is 0 Å². The molecule has 8 nitrogen and oxygen atoms in total. The molecular formula is C15H26N4O4S. The minimum Gasteiger partial charge on any atom is -0.372 e. The molecule has 0 aromatic carbocycles. The van der Waals surface area contributed by atoms with Crippen LogP contribution in [-0.2, 0) is 26.6 Å². The molecule has 136 valence electrons. The van der Waals surface area contributed by atoms with Crippen LogP contribution in [0.2, 0.25) is 0 Å². The van der Waals surface area contributed by atoms with Crippen molar-refractivity contribution >= 4 is 15.9 Å². The summed E-state index contributed by atoms with van der Waals surface area (Å²) in [6.07, 6.45) is 0.113. The number of amides is 1. The fraction of sp³-hybridized carbons (Fsp3) is 0.733. The lowest BCUT2D eigenvalue weighted by atomic mass is 10.2. The zero-order valence-electron chi connectivity index (χ0n) is 14.9. The van der Waals surface area contributed by atoms with E-state index in [1.54, 1.807) is 25.8 Å². The Bertz CT molecular complexity index is 703. The minimum atomic E-state index is -3.68. The van der Waals surface area contributed by atoms with E-state index >= 15 is 0 Å². The second-order valence-electron chi connectivity index (χ2n) is 6.33. The lowest BCUT2D eigenvalue weighted by Gasteiger charge is -2.35. The molecule has 0 bridgehead atoms. The van der Waals surface area contributed by atoms with Crippen molar-refractivity contribution in [3.63, 3.8) is 0 Å². The predicted molar refractivity (Wildman–Crippen MR) is 89.1 cm³/mol. The van der Waals surface area contributed by atoms with E-state index in [-0.39, 0.29) is 36.0 Å². The van der Waals surface area contributed by atoms with Gasteiger partial charge in [-0.2, -0.15) is 5.10 Å². The Kier molecular flexibility index (Phi) is 5.67. The highest BCUT2D eigenvalue weighted by Crippen LogP contribution is 2.18. The third kappa shape index (κ3) is 4.14. The first-order valence-electron chi connectivity index (χ1n) is 8.05. The van der Waals surface area contributed by atoms with Gasteiger partial charge in [-0.1, -0.05) is 0 Å². The Morgan fingerprint density at radius 1 is 1.29 bits per heavy atom. The van der Waals surface area contributed by atoms with Crippen LogP contribution in [0.25, 0.3) is 0 Å². The van der Waals surface area contributed by atoms with Gasteiger partial charge in [-0.25, -0.2) is 13.1 Å². The van der Waals surface area contributed by atoms with Crippen LogP contribution in [-0.4, -0.2) is 60.8 Å². The maximum Gasteiger partial charge on any atom is 0.244 e. The molecule has 0 unspecified atom stereocenters. The smallest absolute Gasteiger partial charge is 0.244 e. The van der Waals surface area contributed by atoms with E-state index in [1.807, 2.05) is 13.8 Å². The summed E-state index contributed by atoms with van der Waals surface area (Å²) >= 11 is 0. The maximum atomic E-state index is 12.4. The summed E-state index contributed by atoms with van der Waals surface area (Å²) in [5.74, 6) is -0.0701. The topological polar surface area (TPSA) is 93.5 Å². The summed E-state index contributed by atoms with van der Waals surface area (Å²) in [5, 5.41) is 4.12. The molecule has 24 heavy (non-hydrogen) atoms. The summed E-state index contributed by atoms with van der Waals surface area (Å²) in [6, 6.07) is 0. The largest absolute Gasteiger partial charge is 0.372 e. The van der Waals surface area contributed by atoms with Crippen molar-refractivity contribution in [2.24, 2.45) is 7.05 Å². The first-order chi connectivity index (χ1) is 11.1. The molecule has 1 aliphatic rings. The number of aryl methyl sites for hydroxylation is 2. The van der Waals surface area contributed by atoms with Gasteiger partial charge in [0.25, 0.3) is 0 Å². The lowest BCUT2D eigenvalue weighted by Crippen LogP contribution is -2.48. The number of morpholine rings is 1. The quantitative estimate of drug-likeness (QED) is 0.819. The van der Waals surface area contributed by atoms with Gasteiger partial charge in [-0.3, -0.25) is 9.48 Å². The van der Waals surface area contributed by atoms with Crippen LogP contribution in [0.1, 0.15) is 31.7 Å². The summed E-state index contributed by atoms with van der Waals surface area (Å²) in [6.45, 7) is 8.35. The third-order valence-electron chi connectivity index (χ3n) is 4.11. The highest BCUT2D eigenvalue weighted by atomic mass is 32.2. The van der Waals surface area contributed by atoms with Crippen molar-refractivity contribution in [2.45, 2.75) is 51.2 Å². The number of carbonyl (C=O) groups is 1. The molecule has 2 atom stereocenters. The standard InChI is InChI=1S/C15H26N4O4S/c1-10-8-19(9-11(2)23-10)14(20)6-7-16-24(21,22)15-12(3)17-18(5)13(15)4/h10-11,16H,6-9H2,1-5H3/t10-,11-/m1/s1. The average molecular weight is 358 g/mol. The fourth-order valence-corrected chi connectivity index (χ4v) is 4.51. The molecular weight excluding hydrogens is 332 g/mol. The van der Waals surface area contributed by atoms with Crippen molar-refractivity contribution in [3.8, 4) is 0 Å². The van der Waals surface area contributed by atoms with Gasteiger partial charge in [-0.05, 0) is 27.7 Å². The zero-order chi connectivity index (χ0) is 18.1. The number of rotatable bonds is 5. The second-order valence-corrected chi connectivity index (χ2v) is 8.03. The van der Waals surface area contributed by atoms with E-state index in [9.17, 15) is 13.2 Å². The van der Waals surface area contributed by atoms with Crippen LogP contribution in [0.4, 0.5) is 0 Å². The van der Waals surface area contributed by atoms with E-state index < -0.39 is 10.0 Å². The number of aromatic nitrogens is 2. The van der Waals surface area contributed by atoms with Crippen LogP contribution in [0.15, 0.2) is 4.90 Å². The fourth-order valence-electron chi connectivity index (χ4n) is 3.05. The normalized spacial score (nSPS) is 22.0. The highest BCUT2D eigenvalue weighted by Gasteiger charge is 2.27. The van der Waals surface area contributed by atoms with Crippen molar-refractivity contribution in [3.05, 3.63) is 11.4 Å². The molecule has 1 N–H and O–H groups in total. The van der Waals surface area contributed by atoms with Crippen LogP contribution in [0, 0.1) is 13.8 Å². The molecule has 1 fully saturated rings. The van der Waals surface area contributed by atoms with Gasteiger partial charge in [0.05, 0.1) is 23.6 Å².